The second kappa shape index (κ2) is 6.84. The van der Waals surface area contributed by atoms with Gasteiger partial charge in [-0.15, -0.1) is 0 Å². The van der Waals surface area contributed by atoms with Crippen LogP contribution in [0.15, 0.2) is 48.7 Å². The average Bonchev–Trinajstić information content (AvgIpc) is 2.91. The fraction of sp³-hybridized carbons (Fsp3) is 0.400. The van der Waals surface area contributed by atoms with E-state index in [1.807, 2.05) is 30.3 Å². The van der Waals surface area contributed by atoms with Crippen LogP contribution in [0.5, 0.6) is 11.6 Å². The predicted octanol–water partition coefficient (Wildman–Crippen LogP) is 3.66. The molecule has 2 aliphatic heterocycles. The van der Waals surface area contributed by atoms with Crippen molar-refractivity contribution < 1.29 is 14.3 Å². The number of rotatable bonds is 4. The lowest BCUT2D eigenvalue weighted by atomic mass is 9.98. The van der Waals surface area contributed by atoms with Crippen LogP contribution in [0.2, 0.25) is 0 Å². The lowest BCUT2D eigenvalue weighted by Crippen LogP contribution is -2.48. The van der Waals surface area contributed by atoms with E-state index < -0.39 is 0 Å². The second-order valence-corrected chi connectivity index (χ2v) is 6.72. The molecule has 0 saturated carbocycles. The first-order valence-electron chi connectivity index (χ1n) is 8.79. The highest BCUT2D eigenvalue weighted by Gasteiger charge is 2.43. The van der Waals surface area contributed by atoms with Crippen LogP contribution in [-0.2, 0) is 4.74 Å². The molecule has 2 unspecified atom stereocenters. The summed E-state index contributed by atoms with van der Waals surface area (Å²) in [4.78, 5) is 19.3. The molecule has 130 valence electrons. The molecular weight excluding hydrogens is 316 g/mol. The fourth-order valence-electron chi connectivity index (χ4n) is 4.02. The number of pyridine rings is 1. The van der Waals surface area contributed by atoms with Gasteiger partial charge in [-0.2, -0.15) is 0 Å². The summed E-state index contributed by atoms with van der Waals surface area (Å²) in [6, 6.07) is 13.4. The number of methoxy groups -OCH3 is 1. The minimum atomic E-state index is 0.0912. The quantitative estimate of drug-likeness (QED) is 0.854. The van der Waals surface area contributed by atoms with Gasteiger partial charge in [0.05, 0.1) is 6.10 Å². The van der Waals surface area contributed by atoms with E-state index in [1.54, 1.807) is 25.4 Å². The zero-order valence-corrected chi connectivity index (χ0v) is 14.3. The number of fused-ring (bicyclic) bond motifs is 2. The van der Waals surface area contributed by atoms with Gasteiger partial charge in [0.2, 0.25) is 5.88 Å². The first-order chi connectivity index (χ1) is 12.2. The molecule has 3 heterocycles. The summed E-state index contributed by atoms with van der Waals surface area (Å²) in [7, 11) is 1.76. The number of hydrogen-bond acceptors (Lipinski definition) is 4. The standard InChI is InChI=1S/C20H22N2O3/c1-24-18-12-15-8-9-16(13-18)22(15)20(23)14-5-4-6-17(11-14)25-19-7-2-3-10-21-19/h2-7,10-11,15-16,18H,8-9,12-13H2,1H3. The summed E-state index contributed by atoms with van der Waals surface area (Å²) in [5.74, 6) is 1.24. The Bertz CT molecular complexity index is 736. The van der Waals surface area contributed by atoms with Crippen LogP contribution in [0.25, 0.3) is 0 Å². The molecule has 2 saturated heterocycles. The van der Waals surface area contributed by atoms with Gasteiger partial charge < -0.3 is 14.4 Å². The molecule has 0 N–H and O–H groups in total. The Morgan fingerprint density at radius 3 is 2.60 bits per heavy atom. The molecule has 4 rings (SSSR count). The zero-order valence-electron chi connectivity index (χ0n) is 14.3. The number of hydrogen-bond donors (Lipinski definition) is 0. The molecule has 2 aromatic rings. The van der Waals surface area contributed by atoms with E-state index in [-0.39, 0.29) is 24.1 Å². The molecular formula is C20H22N2O3. The molecule has 25 heavy (non-hydrogen) atoms. The maximum atomic E-state index is 13.1. The summed E-state index contributed by atoms with van der Waals surface area (Å²) < 4.78 is 11.3. The molecule has 1 aromatic carbocycles. The van der Waals surface area contributed by atoms with Crippen LogP contribution in [0.4, 0.5) is 0 Å². The number of benzene rings is 1. The van der Waals surface area contributed by atoms with Crippen LogP contribution in [-0.4, -0.2) is 41.1 Å². The van der Waals surface area contributed by atoms with Gasteiger partial charge in [0.15, 0.2) is 0 Å². The molecule has 5 heteroatoms. The maximum absolute atomic E-state index is 13.1. The first-order valence-corrected chi connectivity index (χ1v) is 8.79. The van der Waals surface area contributed by atoms with Crippen LogP contribution in [0.3, 0.4) is 0 Å². The molecule has 0 radical (unpaired) electrons. The van der Waals surface area contributed by atoms with Crippen molar-refractivity contribution in [3.63, 3.8) is 0 Å². The number of carbonyl (C=O) groups excluding carboxylic acids is 1. The third-order valence-electron chi connectivity index (χ3n) is 5.20. The Labute approximate surface area is 147 Å². The van der Waals surface area contributed by atoms with Crippen molar-refractivity contribution in [2.24, 2.45) is 0 Å². The molecule has 1 amide bonds. The highest BCUT2D eigenvalue weighted by Crippen LogP contribution is 2.38. The third-order valence-corrected chi connectivity index (χ3v) is 5.20. The lowest BCUT2D eigenvalue weighted by molar-refractivity contribution is 0.00821. The summed E-state index contributed by atoms with van der Waals surface area (Å²) >= 11 is 0. The number of amides is 1. The monoisotopic (exact) mass is 338 g/mol. The molecule has 0 aliphatic carbocycles. The van der Waals surface area contributed by atoms with Gasteiger partial charge in [0.1, 0.15) is 5.75 Å². The minimum Gasteiger partial charge on any atom is -0.439 e. The van der Waals surface area contributed by atoms with Crippen molar-refractivity contribution in [1.29, 1.82) is 0 Å². The summed E-state index contributed by atoms with van der Waals surface area (Å²) in [5, 5.41) is 0. The Morgan fingerprint density at radius 1 is 1.12 bits per heavy atom. The third kappa shape index (κ3) is 3.24. The Hall–Kier alpha value is -2.40. The maximum Gasteiger partial charge on any atom is 0.254 e. The highest BCUT2D eigenvalue weighted by atomic mass is 16.5. The van der Waals surface area contributed by atoms with E-state index in [9.17, 15) is 4.79 Å². The molecule has 2 fully saturated rings. The van der Waals surface area contributed by atoms with Crippen molar-refractivity contribution in [2.75, 3.05) is 7.11 Å². The molecule has 2 aliphatic rings. The molecule has 5 nitrogen and oxygen atoms in total. The van der Waals surface area contributed by atoms with Gasteiger partial charge in [-0.25, -0.2) is 4.98 Å². The molecule has 1 aromatic heterocycles. The Kier molecular flexibility index (Phi) is 4.40. The summed E-state index contributed by atoms with van der Waals surface area (Å²) in [5.41, 5.74) is 0.668. The van der Waals surface area contributed by atoms with E-state index in [0.29, 0.717) is 17.2 Å². The molecule has 0 spiro atoms. The zero-order chi connectivity index (χ0) is 17.2. The van der Waals surface area contributed by atoms with Gasteiger partial charge in [0.25, 0.3) is 5.91 Å². The minimum absolute atomic E-state index is 0.0912. The van der Waals surface area contributed by atoms with Crippen molar-refractivity contribution in [2.45, 2.75) is 43.9 Å². The molecule has 2 atom stereocenters. The SMILES string of the molecule is COC1CC2CCC(C1)N2C(=O)c1cccc(Oc2ccccn2)c1. The van der Waals surface area contributed by atoms with Crippen LogP contribution >= 0.6 is 0 Å². The fourth-order valence-corrected chi connectivity index (χ4v) is 4.02. The summed E-state index contributed by atoms with van der Waals surface area (Å²) in [6.45, 7) is 0. The Balaban J connectivity index is 1.52. The van der Waals surface area contributed by atoms with E-state index >= 15 is 0 Å². The second-order valence-electron chi connectivity index (χ2n) is 6.72. The van der Waals surface area contributed by atoms with Crippen LogP contribution in [0, 0.1) is 0 Å². The van der Waals surface area contributed by atoms with Crippen molar-refractivity contribution in [3.05, 3.63) is 54.2 Å². The predicted molar refractivity (Wildman–Crippen MR) is 93.8 cm³/mol. The van der Waals surface area contributed by atoms with Gasteiger partial charge in [-0.05, 0) is 49.9 Å². The van der Waals surface area contributed by atoms with Gasteiger partial charge in [-0.3, -0.25) is 4.79 Å². The van der Waals surface area contributed by atoms with Gasteiger partial charge in [0, 0.05) is 37.0 Å². The first kappa shape index (κ1) is 16.1. The van der Waals surface area contributed by atoms with E-state index in [4.69, 9.17) is 9.47 Å². The number of aromatic nitrogens is 1. The number of carbonyl (C=O) groups is 1. The number of piperidine rings is 1. The van der Waals surface area contributed by atoms with Crippen LogP contribution in [0.1, 0.15) is 36.0 Å². The van der Waals surface area contributed by atoms with Crippen molar-refractivity contribution >= 4 is 5.91 Å². The lowest BCUT2D eigenvalue weighted by Gasteiger charge is -2.38. The van der Waals surface area contributed by atoms with Gasteiger partial charge in [-0.1, -0.05) is 12.1 Å². The Morgan fingerprint density at radius 2 is 1.92 bits per heavy atom. The average molecular weight is 338 g/mol. The van der Waals surface area contributed by atoms with E-state index in [0.717, 1.165) is 25.7 Å². The largest absolute Gasteiger partial charge is 0.439 e. The smallest absolute Gasteiger partial charge is 0.254 e. The normalized spacial score (nSPS) is 25.0. The highest BCUT2D eigenvalue weighted by molar-refractivity contribution is 5.95. The number of ether oxygens (including phenoxy) is 2. The number of nitrogens with zero attached hydrogens (tertiary/aromatic N) is 2. The molecule has 2 bridgehead atoms. The van der Waals surface area contributed by atoms with E-state index in [1.165, 1.54) is 0 Å². The summed E-state index contributed by atoms with van der Waals surface area (Å²) in [6.07, 6.45) is 5.97. The van der Waals surface area contributed by atoms with Crippen molar-refractivity contribution in [3.8, 4) is 11.6 Å². The topological polar surface area (TPSA) is 51.7 Å². The van der Waals surface area contributed by atoms with Crippen LogP contribution < -0.4 is 4.74 Å². The van der Waals surface area contributed by atoms with Crippen molar-refractivity contribution in [1.82, 2.24) is 9.88 Å². The van der Waals surface area contributed by atoms with E-state index in [2.05, 4.69) is 9.88 Å². The van der Waals surface area contributed by atoms with Gasteiger partial charge >= 0.3 is 0 Å².